The van der Waals surface area contributed by atoms with Crippen LogP contribution in [0.5, 0.6) is 5.75 Å². The van der Waals surface area contributed by atoms with Crippen molar-refractivity contribution in [1.29, 1.82) is 0 Å². The first-order valence-corrected chi connectivity index (χ1v) is 8.76. The van der Waals surface area contributed by atoms with Gasteiger partial charge < -0.3 is 14.4 Å². The zero-order chi connectivity index (χ0) is 17.8. The molecule has 0 saturated carbocycles. The van der Waals surface area contributed by atoms with Gasteiger partial charge in [0.1, 0.15) is 11.9 Å². The van der Waals surface area contributed by atoms with Gasteiger partial charge in [0.2, 0.25) is 5.91 Å². The molecule has 0 unspecified atom stereocenters. The van der Waals surface area contributed by atoms with Crippen molar-refractivity contribution in [2.75, 3.05) is 46.9 Å². The average Bonchev–Trinajstić information content (AvgIpc) is 2.67. The average molecular weight is 342 g/mol. The molecule has 1 amide bonds. The molecule has 1 aliphatic heterocycles. The molecule has 2 aromatic carbocycles. The number of ether oxygens (including phenoxy) is 2. The highest BCUT2D eigenvalue weighted by Crippen LogP contribution is 2.27. The van der Waals surface area contributed by atoms with Crippen LogP contribution in [0.1, 0.15) is 18.6 Å². The summed E-state index contributed by atoms with van der Waals surface area (Å²) < 4.78 is 11.2. The second-order valence-electron chi connectivity index (χ2n) is 6.50. The fourth-order valence-corrected chi connectivity index (χ4v) is 3.09. The zero-order valence-corrected chi connectivity index (χ0v) is 15.2. The van der Waals surface area contributed by atoms with E-state index in [0.29, 0.717) is 26.2 Å². The van der Waals surface area contributed by atoms with E-state index in [0.717, 1.165) is 28.6 Å². The van der Waals surface area contributed by atoms with Gasteiger partial charge in [-0.25, -0.2) is 0 Å². The third-order valence-electron chi connectivity index (χ3n) is 4.81. The number of morpholine rings is 1. The number of fused-ring (bicyclic) bond motifs is 1. The predicted octanol–water partition coefficient (Wildman–Crippen LogP) is 2.70. The molecule has 134 valence electrons. The van der Waals surface area contributed by atoms with E-state index >= 15 is 0 Å². The van der Waals surface area contributed by atoms with Gasteiger partial charge in [0.05, 0.1) is 26.8 Å². The van der Waals surface area contributed by atoms with Gasteiger partial charge >= 0.3 is 0 Å². The van der Waals surface area contributed by atoms with Gasteiger partial charge in [-0.3, -0.25) is 9.69 Å². The van der Waals surface area contributed by atoms with Crippen LogP contribution in [0.15, 0.2) is 36.4 Å². The van der Waals surface area contributed by atoms with Crippen LogP contribution in [0.2, 0.25) is 0 Å². The number of hydrogen-bond acceptors (Lipinski definition) is 4. The van der Waals surface area contributed by atoms with Crippen LogP contribution < -0.4 is 4.74 Å². The van der Waals surface area contributed by atoms with Crippen LogP contribution >= 0.6 is 0 Å². The topological polar surface area (TPSA) is 42.0 Å². The first-order valence-electron chi connectivity index (χ1n) is 8.76. The summed E-state index contributed by atoms with van der Waals surface area (Å²) >= 11 is 0. The Morgan fingerprint density at radius 3 is 2.80 bits per heavy atom. The molecule has 1 fully saturated rings. The number of benzene rings is 2. The van der Waals surface area contributed by atoms with Crippen molar-refractivity contribution in [2.24, 2.45) is 0 Å². The molecule has 25 heavy (non-hydrogen) atoms. The van der Waals surface area contributed by atoms with E-state index in [9.17, 15) is 4.79 Å². The molecule has 0 radical (unpaired) electrons. The van der Waals surface area contributed by atoms with Crippen LogP contribution in [0.4, 0.5) is 0 Å². The van der Waals surface area contributed by atoms with Crippen molar-refractivity contribution >= 4 is 16.7 Å². The third kappa shape index (κ3) is 4.11. The molecule has 0 spiro atoms. The molecule has 5 heteroatoms. The minimum absolute atomic E-state index is 0.0730. The molecule has 0 aliphatic carbocycles. The quantitative estimate of drug-likeness (QED) is 0.838. The summed E-state index contributed by atoms with van der Waals surface area (Å²) in [6, 6.07) is 12.4. The van der Waals surface area contributed by atoms with E-state index in [1.54, 1.807) is 7.11 Å². The Kier molecular flexibility index (Phi) is 5.56. The number of nitrogens with zero attached hydrogens (tertiary/aromatic N) is 2. The summed E-state index contributed by atoms with van der Waals surface area (Å²) in [7, 11) is 3.64. The Balaban J connectivity index is 1.74. The number of carbonyl (C=O) groups excluding carboxylic acids is 1. The summed E-state index contributed by atoms with van der Waals surface area (Å²) in [5, 5.41) is 2.28. The number of hydrogen-bond donors (Lipinski definition) is 0. The van der Waals surface area contributed by atoms with Crippen LogP contribution in [0, 0.1) is 0 Å². The molecule has 1 aliphatic rings. The van der Waals surface area contributed by atoms with E-state index in [-0.39, 0.29) is 12.0 Å². The first-order chi connectivity index (χ1) is 12.1. The summed E-state index contributed by atoms with van der Waals surface area (Å²) in [5.41, 5.74) is 1.11. The minimum atomic E-state index is -0.0730. The highest BCUT2D eigenvalue weighted by atomic mass is 16.5. The highest BCUT2D eigenvalue weighted by Gasteiger charge is 2.25. The second-order valence-corrected chi connectivity index (χ2v) is 6.50. The maximum absolute atomic E-state index is 12.4. The number of likely N-dealkylation sites (N-methyl/N-ethyl adjacent to an activating group) is 1. The Hall–Kier alpha value is -2.11. The van der Waals surface area contributed by atoms with Gasteiger partial charge in [0, 0.05) is 6.54 Å². The van der Waals surface area contributed by atoms with Crippen molar-refractivity contribution in [2.45, 2.75) is 13.0 Å². The van der Waals surface area contributed by atoms with Gasteiger partial charge in [-0.2, -0.15) is 0 Å². The number of rotatable bonds is 5. The fourth-order valence-electron chi connectivity index (χ4n) is 3.09. The Bertz CT molecular complexity index is 747. The molecule has 0 aromatic heterocycles. The van der Waals surface area contributed by atoms with Crippen molar-refractivity contribution in [3.8, 4) is 5.75 Å². The normalized spacial score (nSPS) is 17.9. The van der Waals surface area contributed by atoms with E-state index < -0.39 is 0 Å². The van der Waals surface area contributed by atoms with Gasteiger partial charge in [-0.1, -0.05) is 25.1 Å². The van der Waals surface area contributed by atoms with Crippen LogP contribution in [-0.4, -0.2) is 62.7 Å². The molecule has 1 heterocycles. The Labute approximate surface area is 149 Å². The molecule has 0 N–H and O–H groups in total. The maximum Gasteiger partial charge on any atom is 0.236 e. The summed E-state index contributed by atoms with van der Waals surface area (Å²) in [4.78, 5) is 16.4. The van der Waals surface area contributed by atoms with Crippen LogP contribution in [0.25, 0.3) is 10.8 Å². The lowest BCUT2D eigenvalue weighted by Gasteiger charge is -2.34. The predicted molar refractivity (Wildman–Crippen MR) is 98.9 cm³/mol. The van der Waals surface area contributed by atoms with Gasteiger partial charge in [-0.15, -0.1) is 0 Å². The van der Waals surface area contributed by atoms with Gasteiger partial charge in [-0.05, 0) is 48.1 Å². The fraction of sp³-hybridized carbons (Fsp3) is 0.450. The van der Waals surface area contributed by atoms with E-state index in [1.165, 1.54) is 0 Å². The molecule has 2 aromatic rings. The maximum atomic E-state index is 12.4. The van der Waals surface area contributed by atoms with Crippen molar-refractivity contribution in [3.05, 3.63) is 42.0 Å². The lowest BCUT2D eigenvalue weighted by Crippen LogP contribution is -2.46. The van der Waals surface area contributed by atoms with E-state index in [4.69, 9.17) is 9.47 Å². The third-order valence-corrected chi connectivity index (χ3v) is 4.81. The first kappa shape index (κ1) is 17.7. The minimum Gasteiger partial charge on any atom is -0.497 e. The molecule has 5 nitrogen and oxygen atoms in total. The number of methoxy groups -OCH3 is 1. The van der Waals surface area contributed by atoms with Crippen LogP contribution in [0.3, 0.4) is 0 Å². The lowest BCUT2D eigenvalue weighted by molar-refractivity contribution is -0.139. The van der Waals surface area contributed by atoms with E-state index in [1.807, 2.05) is 29.0 Å². The Morgan fingerprint density at radius 2 is 2.04 bits per heavy atom. The standard InChI is InChI=1S/C20H26N2O3/c1-4-21(2)14-20(23)22-9-10-25-19(13-22)17-6-5-16-12-18(24-3)8-7-15(16)11-17/h5-8,11-12,19H,4,9-10,13-14H2,1-3H3/t19-/m0/s1. The monoisotopic (exact) mass is 342 g/mol. The molecule has 1 atom stereocenters. The Morgan fingerprint density at radius 1 is 1.28 bits per heavy atom. The molecule has 0 bridgehead atoms. The van der Waals surface area contributed by atoms with Gasteiger partial charge in [0.15, 0.2) is 0 Å². The highest BCUT2D eigenvalue weighted by molar-refractivity contribution is 5.84. The van der Waals surface area contributed by atoms with Crippen molar-refractivity contribution in [3.63, 3.8) is 0 Å². The van der Waals surface area contributed by atoms with Crippen LogP contribution in [-0.2, 0) is 9.53 Å². The van der Waals surface area contributed by atoms with Crippen molar-refractivity contribution < 1.29 is 14.3 Å². The number of carbonyl (C=O) groups is 1. The molecular formula is C20H26N2O3. The second kappa shape index (κ2) is 7.85. The van der Waals surface area contributed by atoms with E-state index in [2.05, 4.69) is 31.2 Å². The smallest absolute Gasteiger partial charge is 0.236 e. The summed E-state index contributed by atoms with van der Waals surface area (Å²) in [6.45, 7) is 5.23. The molecular weight excluding hydrogens is 316 g/mol. The SMILES string of the molecule is CCN(C)CC(=O)N1CCO[C@H](c2ccc3cc(OC)ccc3c2)C1. The van der Waals surface area contributed by atoms with Crippen molar-refractivity contribution in [1.82, 2.24) is 9.80 Å². The molecule has 1 saturated heterocycles. The summed E-state index contributed by atoms with van der Waals surface area (Å²) in [6.07, 6.45) is -0.0730. The number of amides is 1. The van der Waals surface area contributed by atoms with Gasteiger partial charge in [0.25, 0.3) is 0 Å². The lowest BCUT2D eigenvalue weighted by atomic mass is 10.0. The molecule has 3 rings (SSSR count). The zero-order valence-electron chi connectivity index (χ0n) is 15.2. The summed E-state index contributed by atoms with van der Waals surface area (Å²) in [5.74, 6) is 1.02. The largest absolute Gasteiger partial charge is 0.497 e.